The van der Waals surface area contributed by atoms with E-state index in [1.165, 1.54) is 26.4 Å². The highest BCUT2D eigenvalue weighted by atomic mass is 16.5. The lowest BCUT2D eigenvalue weighted by Gasteiger charge is -2.30. The van der Waals surface area contributed by atoms with Gasteiger partial charge in [-0.1, -0.05) is 18.6 Å². The fourth-order valence-electron chi connectivity index (χ4n) is 4.23. The molecule has 0 amide bonds. The molecule has 0 radical (unpaired) electrons. The molecule has 3 unspecified atom stereocenters. The van der Waals surface area contributed by atoms with E-state index < -0.39 is 0 Å². The number of carbonyl (C=O) groups excluding carboxylic acids is 1. The van der Waals surface area contributed by atoms with Gasteiger partial charge in [0.25, 0.3) is 0 Å². The summed E-state index contributed by atoms with van der Waals surface area (Å²) in [6, 6.07) is 7.27. The number of nitrogens with zero attached hydrogens (tertiary/aromatic N) is 4. The fraction of sp³-hybridized carbons (Fsp3) is 0.636. The lowest BCUT2D eigenvalue weighted by atomic mass is 9.81. The zero-order valence-corrected chi connectivity index (χ0v) is 18.5. The summed E-state index contributed by atoms with van der Waals surface area (Å²) in [6.07, 6.45) is 4.82. The fourth-order valence-corrected chi connectivity index (χ4v) is 4.23. The van der Waals surface area contributed by atoms with Gasteiger partial charge in [0.15, 0.2) is 5.82 Å². The lowest BCUT2D eigenvalue weighted by molar-refractivity contribution is 0.0600. The molecule has 30 heavy (non-hydrogen) atoms. The van der Waals surface area contributed by atoms with Gasteiger partial charge in [0, 0.05) is 0 Å². The molecule has 3 atom stereocenters. The molecular formula is C22H34N6O2. The van der Waals surface area contributed by atoms with E-state index in [-0.39, 0.29) is 17.6 Å². The third kappa shape index (κ3) is 5.23. The first kappa shape index (κ1) is 22.4. The number of hydrogen-bond acceptors (Lipinski definition) is 7. The Balaban J connectivity index is 1.86. The van der Waals surface area contributed by atoms with Gasteiger partial charge in [-0.2, -0.15) is 0 Å². The van der Waals surface area contributed by atoms with E-state index in [9.17, 15) is 4.79 Å². The molecule has 1 aromatic heterocycles. The topological polar surface area (TPSA) is 108 Å². The first-order valence-electron chi connectivity index (χ1n) is 10.7. The molecule has 0 bridgehead atoms. The summed E-state index contributed by atoms with van der Waals surface area (Å²) in [5, 5.41) is 16.2. The predicted molar refractivity (Wildman–Crippen MR) is 115 cm³/mol. The van der Waals surface area contributed by atoms with Gasteiger partial charge in [-0.15, -0.1) is 5.10 Å². The Morgan fingerprint density at radius 2 is 1.97 bits per heavy atom. The minimum atomic E-state index is -0.347. The molecule has 1 aliphatic rings. The second kappa shape index (κ2) is 9.66. The quantitative estimate of drug-likeness (QED) is 0.671. The number of ether oxygens (including phenoxy) is 1. The molecule has 8 heteroatoms. The van der Waals surface area contributed by atoms with Crippen molar-refractivity contribution in [2.24, 2.45) is 17.6 Å². The van der Waals surface area contributed by atoms with Crippen molar-refractivity contribution in [3.63, 3.8) is 0 Å². The maximum atomic E-state index is 11.8. The molecule has 0 spiro atoms. The molecule has 2 aromatic rings. The van der Waals surface area contributed by atoms with Crippen LogP contribution in [0.25, 0.3) is 0 Å². The van der Waals surface area contributed by atoms with E-state index in [2.05, 4.69) is 41.6 Å². The van der Waals surface area contributed by atoms with Gasteiger partial charge in [0.1, 0.15) is 0 Å². The van der Waals surface area contributed by atoms with Crippen LogP contribution in [0, 0.1) is 11.8 Å². The van der Waals surface area contributed by atoms with Crippen LogP contribution in [0.3, 0.4) is 0 Å². The average Bonchev–Trinajstić information content (AvgIpc) is 3.24. The van der Waals surface area contributed by atoms with E-state index in [4.69, 9.17) is 10.5 Å². The number of esters is 1. The Morgan fingerprint density at radius 3 is 2.60 bits per heavy atom. The van der Waals surface area contributed by atoms with Crippen molar-refractivity contribution >= 4 is 5.97 Å². The van der Waals surface area contributed by atoms with E-state index in [0.717, 1.165) is 30.9 Å². The summed E-state index contributed by atoms with van der Waals surface area (Å²) in [7, 11) is 1.39. The van der Waals surface area contributed by atoms with Crippen molar-refractivity contribution in [3.05, 3.63) is 41.2 Å². The molecule has 0 aliphatic heterocycles. The van der Waals surface area contributed by atoms with Gasteiger partial charge < -0.3 is 15.8 Å². The zero-order chi connectivity index (χ0) is 21.7. The first-order valence-corrected chi connectivity index (χ1v) is 10.7. The van der Waals surface area contributed by atoms with Crippen LogP contribution in [0.4, 0.5) is 0 Å². The molecule has 3 N–H and O–H groups in total. The molecule has 1 heterocycles. The normalized spacial score (nSPS) is 20.7. The Labute approximate surface area is 178 Å². The summed E-state index contributed by atoms with van der Waals surface area (Å²) in [5.74, 6) is 1.62. The summed E-state index contributed by atoms with van der Waals surface area (Å²) >= 11 is 0. The third-order valence-electron chi connectivity index (χ3n) is 5.89. The molecular weight excluding hydrogens is 380 g/mol. The summed E-state index contributed by atoms with van der Waals surface area (Å²) < 4.78 is 6.68. The maximum Gasteiger partial charge on any atom is 0.337 e. The number of rotatable bonds is 7. The lowest BCUT2D eigenvalue weighted by Crippen LogP contribution is -2.35. The molecule has 164 valence electrons. The number of nitrogens with two attached hydrogens (primary N) is 1. The molecule has 1 fully saturated rings. The van der Waals surface area contributed by atoms with E-state index >= 15 is 0 Å². The minimum Gasteiger partial charge on any atom is -0.465 e. The standard InChI is InChI=1S/C22H34N6O2/c1-22(2,3)28-20(25-26-27-28)19(17-8-10-18(11-9-17)21(29)30-4)24-14-16-7-5-6-15(12-16)13-23/h8-11,15-16,19,24H,5-7,12-14,23H2,1-4H3. The molecule has 1 saturated carbocycles. The molecule has 1 aromatic carbocycles. The van der Waals surface area contributed by atoms with Crippen molar-refractivity contribution in [1.82, 2.24) is 25.5 Å². The van der Waals surface area contributed by atoms with Gasteiger partial charge in [0.2, 0.25) is 0 Å². The number of nitrogens with one attached hydrogen (secondary N) is 1. The van der Waals surface area contributed by atoms with Crippen molar-refractivity contribution in [1.29, 1.82) is 0 Å². The molecule has 0 saturated heterocycles. The van der Waals surface area contributed by atoms with Gasteiger partial charge in [-0.05, 0) is 93.1 Å². The van der Waals surface area contributed by atoms with Crippen LogP contribution in [-0.2, 0) is 10.3 Å². The Hall–Kier alpha value is -2.32. The van der Waals surface area contributed by atoms with Crippen LogP contribution < -0.4 is 11.1 Å². The van der Waals surface area contributed by atoms with Crippen molar-refractivity contribution in [3.8, 4) is 0 Å². The smallest absolute Gasteiger partial charge is 0.337 e. The number of benzene rings is 1. The Morgan fingerprint density at radius 1 is 1.27 bits per heavy atom. The van der Waals surface area contributed by atoms with E-state index in [0.29, 0.717) is 17.4 Å². The summed E-state index contributed by atoms with van der Waals surface area (Å²) in [6.45, 7) is 7.87. The van der Waals surface area contributed by atoms with Gasteiger partial charge >= 0.3 is 5.97 Å². The number of methoxy groups -OCH3 is 1. The monoisotopic (exact) mass is 414 g/mol. The van der Waals surface area contributed by atoms with Gasteiger partial charge in [-0.25, -0.2) is 9.48 Å². The second-order valence-corrected chi connectivity index (χ2v) is 9.21. The SMILES string of the molecule is COC(=O)c1ccc(C(NCC2CCCC(CN)C2)c2nnnn2C(C)(C)C)cc1. The largest absolute Gasteiger partial charge is 0.465 e. The van der Waals surface area contributed by atoms with Crippen LogP contribution in [-0.4, -0.2) is 46.4 Å². The van der Waals surface area contributed by atoms with Crippen LogP contribution in [0.15, 0.2) is 24.3 Å². The maximum absolute atomic E-state index is 11.8. The second-order valence-electron chi connectivity index (χ2n) is 9.21. The van der Waals surface area contributed by atoms with Crippen molar-refractivity contribution in [2.75, 3.05) is 20.2 Å². The number of tetrazole rings is 1. The summed E-state index contributed by atoms with van der Waals surface area (Å²) in [5.41, 5.74) is 7.20. The number of hydrogen-bond donors (Lipinski definition) is 2. The molecule has 3 rings (SSSR count). The average molecular weight is 415 g/mol. The first-order chi connectivity index (χ1) is 14.3. The Bertz CT molecular complexity index is 827. The summed E-state index contributed by atoms with van der Waals surface area (Å²) in [4.78, 5) is 11.8. The van der Waals surface area contributed by atoms with Crippen LogP contribution in [0.2, 0.25) is 0 Å². The van der Waals surface area contributed by atoms with Crippen LogP contribution in [0.5, 0.6) is 0 Å². The highest BCUT2D eigenvalue weighted by Gasteiger charge is 2.28. The molecule has 8 nitrogen and oxygen atoms in total. The third-order valence-corrected chi connectivity index (χ3v) is 5.89. The van der Waals surface area contributed by atoms with Crippen LogP contribution >= 0.6 is 0 Å². The van der Waals surface area contributed by atoms with Gasteiger partial charge in [0.05, 0.1) is 24.3 Å². The van der Waals surface area contributed by atoms with Crippen molar-refractivity contribution in [2.45, 2.75) is 58.0 Å². The number of carbonyl (C=O) groups is 1. The molecule has 1 aliphatic carbocycles. The van der Waals surface area contributed by atoms with E-state index in [1.807, 2.05) is 16.8 Å². The zero-order valence-electron chi connectivity index (χ0n) is 18.5. The van der Waals surface area contributed by atoms with E-state index in [1.54, 1.807) is 12.1 Å². The Kier molecular flexibility index (Phi) is 7.20. The van der Waals surface area contributed by atoms with Crippen molar-refractivity contribution < 1.29 is 9.53 Å². The highest BCUT2D eigenvalue weighted by Crippen LogP contribution is 2.30. The number of aromatic nitrogens is 4. The minimum absolute atomic E-state index is 0.177. The predicted octanol–water partition coefficient (Wildman–Crippen LogP) is 2.66. The van der Waals surface area contributed by atoms with Crippen LogP contribution in [0.1, 0.15) is 74.2 Å². The van der Waals surface area contributed by atoms with Gasteiger partial charge in [-0.3, -0.25) is 0 Å². The highest BCUT2D eigenvalue weighted by molar-refractivity contribution is 5.89.